The van der Waals surface area contributed by atoms with Crippen molar-refractivity contribution >= 4 is 27.7 Å². The van der Waals surface area contributed by atoms with E-state index < -0.39 is 0 Å². The number of halogens is 1. The van der Waals surface area contributed by atoms with Gasteiger partial charge in [0.2, 0.25) is 10.6 Å². The molecule has 1 unspecified atom stereocenters. The summed E-state index contributed by atoms with van der Waals surface area (Å²) >= 11 is 5.05. The van der Waals surface area contributed by atoms with Crippen molar-refractivity contribution in [1.82, 2.24) is 10.1 Å². The predicted molar refractivity (Wildman–Crippen MR) is 46.4 cm³/mol. The highest BCUT2D eigenvalue weighted by Gasteiger charge is 2.22. The molecule has 0 aromatic carbocycles. The van der Waals surface area contributed by atoms with Gasteiger partial charge in [-0.1, -0.05) is 0 Å². The molecule has 0 spiro atoms. The van der Waals surface area contributed by atoms with Crippen LogP contribution in [0.25, 0.3) is 0 Å². The van der Waals surface area contributed by atoms with Gasteiger partial charge in [-0.2, -0.15) is 4.98 Å². The molecular formula is C6H7BrN2OS. The van der Waals surface area contributed by atoms with Gasteiger partial charge in [0, 0.05) is 0 Å². The fourth-order valence-electron chi connectivity index (χ4n) is 1.12. The Bertz CT molecular complexity index is 246. The maximum Gasteiger partial charge on any atom is 0.240 e. The topological polar surface area (TPSA) is 38.9 Å². The normalized spacial score (nSPS) is 24.3. The van der Waals surface area contributed by atoms with E-state index in [-0.39, 0.29) is 0 Å². The van der Waals surface area contributed by atoms with Gasteiger partial charge in [-0.15, -0.1) is 11.8 Å². The van der Waals surface area contributed by atoms with Crippen molar-refractivity contribution in [2.24, 2.45) is 0 Å². The number of hydrogen-bond acceptors (Lipinski definition) is 4. The average molecular weight is 235 g/mol. The van der Waals surface area contributed by atoms with Crippen LogP contribution >= 0.6 is 27.7 Å². The minimum absolute atomic E-state index is 0.439. The van der Waals surface area contributed by atoms with Crippen LogP contribution in [0.4, 0.5) is 0 Å². The second-order valence-electron chi connectivity index (χ2n) is 2.40. The lowest BCUT2D eigenvalue weighted by Crippen LogP contribution is -1.87. The minimum atomic E-state index is 0.439. The van der Waals surface area contributed by atoms with Crippen molar-refractivity contribution in [3.05, 3.63) is 10.6 Å². The molecule has 0 bridgehead atoms. The summed E-state index contributed by atoms with van der Waals surface area (Å²) in [6, 6.07) is 0. The van der Waals surface area contributed by atoms with Gasteiger partial charge in [0.1, 0.15) is 0 Å². The SMILES string of the molecule is Brc1noc(C2CCCS2)n1. The fraction of sp³-hybridized carbons (Fsp3) is 0.667. The molecule has 0 saturated carbocycles. The van der Waals surface area contributed by atoms with Crippen LogP contribution in [-0.4, -0.2) is 15.9 Å². The van der Waals surface area contributed by atoms with Gasteiger partial charge >= 0.3 is 0 Å². The van der Waals surface area contributed by atoms with Gasteiger partial charge < -0.3 is 4.52 Å². The number of rotatable bonds is 1. The molecular weight excluding hydrogens is 228 g/mol. The van der Waals surface area contributed by atoms with E-state index >= 15 is 0 Å². The first-order chi connectivity index (χ1) is 5.36. The Labute approximate surface area is 77.1 Å². The standard InChI is InChI=1S/C6H7BrN2OS/c7-6-8-5(10-9-6)4-2-1-3-11-4/h4H,1-3H2. The van der Waals surface area contributed by atoms with Gasteiger partial charge in [-0.25, -0.2) is 0 Å². The van der Waals surface area contributed by atoms with E-state index in [1.807, 2.05) is 11.8 Å². The summed E-state index contributed by atoms with van der Waals surface area (Å²) in [6.07, 6.45) is 2.43. The van der Waals surface area contributed by atoms with Crippen LogP contribution in [0, 0.1) is 0 Å². The summed E-state index contributed by atoms with van der Waals surface area (Å²) in [5.74, 6) is 1.98. The van der Waals surface area contributed by atoms with Crippen molar-refractivity contribution in [3.63, 3.8) is 0 Å². The van der Waals surface area contributed by atoms with E-state index in [4.69, 9.17) is 4.52 Å². The zero-order valence-electron chi connectivity index (χ0n) is 5.79. The summed E-state index contributed by atoms with van der Waals surface area (Å²) in [4.78, 5) is 4.11. The molecule has 1 atom stereocenters. The molecule has 1 fully saturated rings. The van der Waals surface area contributed by atoms with E-state index in [9.17, 15) is 0 Å². The lowest BCUT2D eigenvalue weighted by atomic mass is 10.2. The third-order valence-electron chi connectivity index (χ3n) is 1.62. The second kappa shape index (κ2) is 3.15. The van der Waals surface area contributed by atoms with E-state index in [0.717, 1.165) is 5.89 Å². The zero-order chi connectivity index (χ0) is 7.68. The molecule has 1 saturated heterocycles. The van der Waals surface area contributed by atoms with E-state index in [0.29, 0.717) is 9.98 Å². The van der Waals surface area contributed by atoms with Crippen LogP contribution in [0.1, 0.15) is 24.0 Å². The molecule has 3 nitrogen and oxygen atoms in total. The highest BCUT2D eigenvalue weighted by Crippen LogP contribution is 2.38. The maximum absolute atomic E-state index is 5.02. The highest BCUT2D eigenvalue weighted by atomic mass is 79.9. The Morgan fingerprint density at radius 2 is 2.55 bits per heavy atom. The smallest absolute Gasteiger partial charge is 0.240 e. The third-order valence-corrected chi connectivity index (χ3v) is 3.31. The summed E-state index contributed by atoms with van der Waals surface area (Å²) in [5, 5.41) is 4.12. The Kier molecular flexibility index (Phi) is 2.18. The summed E-state index contributed by atoms with van der Waals surface area (Å²) in [6.45, 7) is 0. The van der Waals surface area contributed by atoms with Crippen LogP contribution in [-0.2, 0) is 0 Å². The molecule has 5 heteroatoms. The Morgan fingerprint density at radius 3 is 3.09 bits per heavy atom. The second-order valence-corrected chi connectivity index (χ2v) is 4.42. The maximum atomic E-state index is 5.02. The lowest BCUT2D eigenvalue weighted by Gasteiger charge is -1.98. The molecule has 0 amide bonds. The first kappa shape index (κ1) is 7.61. The van der Waals surface area contributed by atoms with E-state index in [1.54, 1.807) is 0 Å². The quantitative estimate of drug-likeness (QED) is 0.749. The summed E-state index contributed by atoms with van der Waals surface area (Å²) in [5.41, 5.74) is 0. The van der Waals surface area contributed by atoms with Gasteiger partial charge in [-0.05, 0) is 39.7 Å². The predicted octanol–water partition coefficient (Wildman–Crippen LogP) is 2.40. The average Bonchev–Trinajstić information content (AvgIpc) is 2.55. The molecule has 1 aromatic rings. The van der Waals surface area contributed by atoms with Crippen LogP contribution in [0.3, 0.4) is 0 Å². The molecule has 0 N–H and O–H groups in total. The van der Waals surface area contributed by atoms with Crippen molar-refractivity contribution in [1.29, 1.82) is 0 Å². The van der Waals surface area contributed by atoms with Crippen LogP contribution in [0.5, 0.6) is 0 Å². The van der Waals surface area contributed by atoms with E-state index in [1.165, 1.54) is 18.6 Å². The number of hydrogen-bond donors (Lipinski definition) is 0. The molecule has 1 aromatic heterocycles. The molecule has 11 heavy (non-hydrogen) atoms. The lowest BCUT2D eigenvalue weighted by molar-refractivity contribution is 0.371. The van der Waals surface area contributed by atoms with Gasteiger partial charge in [0.15, 0.2) is 0 Å². The molecule has 0 radical (unpaired) electrons. The molecule has 1 aliphatic rings. The number of nitrogens with zero attached hydrogens (tertiary/aromatic N) is 2. The summed E-state index contributed by atoms with van der Waals surface area (Å²) in [7, 11) is 0. The highest BCUT2D eigenvalue weighted by molar-refractivity contribution is 9.10. The van der Waals surface area contributed by atoms with Gasteiger partial charge in [0.25, 0.3) is 0 Å². The summed E-state index contributed by atoms with van der Waals surface area (Å²) < 4.78 is 5.57. The van der Waals surface area contributed by atoms with Crippen molar-refractivity contribution < 1.29 is 4.52 Å². The molecule has 2 rings (SSSR count). The van der Waals surface area contributed by atoms with Gasteiger partial charge in [0.05, 0.1) is 5.25 Å². The zero-order valence-corrected chi connectivity index (χ0v) is 8.19. The molecule has 60 valence electrons. The van der Waals surface area contributed by atoms with Crippen LogP contribution in [0.2, 0.25) is 0 Å². The van der Waals surface area contributed by atoms with E-state index in [2.05, 4.69) is 26.1 Å². The molecule has 0 aliphatic carbocycles. The van der Waals surface area contributed by atoms with Crippen molar-refractivity contribution in [2.45, 2.75) is 18.1 Å². The van der Waals surface area contributed by atoms with Crippen LogP contribution < -0.4 is 0 Å². The Morgan fingerprint density at radius 1 is 1.64 bits per heavy atom. The Hall–Kier alpha value is -0.0300. The van der Waals surface area contributed by atoms with Crippen molar-refractivity contribution in [3.8, 4) is 0 Å². The first-order valence-corrected chi connectivity index (χ1v) is 5.31. The molecule has 2 heterocycles. The third kappa shape index (κ3) is 1.59. The van der Waals surface area contributed by atoms with Crippen molar-refractivity contribution in [2.75, 3.05) is 5.75 Å². The largest absolute Gasteiger partial charge is 0.337 e. The van der Waals surface area contributed by atoms with Gasteiger partial charge in [-0.3, -0.25) is 0 Å². The first-order valence-electron chi connectivity index (χ1n) is 3.47. The number of aromatic nitrogens is 2. The Balaban J connectivity index is 2.15. The number of thioether (sulfide) groups is 1. The monoisotopic (exact) mass is 234 g/mol. The minimum Gasteiger partial charge on any atom is -0.337 e. The van der Waals surface area contributed by atoms with Crippen LogP contribution in [0.15, 0.2) is 9.26 Å². The molecule has 1 aliphatic heterocycles. The fourth-order valence-corrected chi connectivity index (χ4v) is 2.56.